The molecule has 1 heterocycles. The van der Waals surface area contributed by atoms with Crippen LogP contribution >= 0.6 is 15.2 Å². The van der Waals surface area contributed by atoms with Gasteiger partial charge in [0.2, 0.25) is 0 Å². The van der Waals surface area contributed by atoms with Gasteiger partial charge in [-0.3, -0.25) is 18.7 Å². The predicted molar refractivity (Wildman–Crippen MR) is 263 cm³/mol. The summed E-state index contributed by atoms with van der Waals surface area (Å²) in [7, 11) is -6.18. The number of carbonyl (C=O) groups excluding carboxylic acids is 4. The van der Waals surface area contributed by atoms with Crippen molar-refractivity contribution in [1.29, 1.82) is 0 Å². The van der Waals surface area contributed by atoms with E-state index in [1.807, 2.05) is 155 Å². The third kappa shape index (κ3) is 18.0. The van der Waals surface area contributed by atoms with E-state index >= 15 is 0 Å². The smallest absolute Gasteiger partial charge is 0.347 e. The van der Waals surface area contributed by atoms with E-state index in [-0.39, 0.29) is 56.6 Å². The van der Waals surface area contributed by atoms with Crippen molar-refractivity contribution in [2.45, 2.75) is 90.4 Å². The number of cyclic esters (lactones) is 1. The van der Waals surface area contributed by atoms with Crippen LogP contribution in [0.2, 0.25) is 18.1 Å². The highest BCUT2D eigenvalue weighted by atomic mass is 31.2. The zero-order valence-electron chi connectivity index (χ0n) is 47.5. The van der Waals surface area contributed by atoms with E-state index < -0.39 is 71.4 Å². The van der Waals surface area contributed by atoms with E-state index in [1.165, 1.54) is 21.3 Å². The minimum atomic E-state index is -3.85. The molecule has 0 radical (unpaired) electrons. The first kappa shape index (κ1) is 48.7. The van der Waals surface area contributed by atoms with Crippen molar-refractivity contribution < 1.29 is 81.7 Å². The Labute approximate surface area is 407 Å². The average Bonchev–Trinajstić information content (AvgIpc) is 3.81. The number of ether oxygens (including phenoxy) is 4. The normalized spacial score (nSPS) is 16.6. The lowest BCUT2D eigenvalue weighted by Gasteiger charge is -2.39. The Bertz CT molecular complexity index is 2200. The van der Waals surface area contributed by atoms with Gasteiger partial charge in [0.1, 0.15) is 6.10 Å². The maximum Gasteiger partial charge on any atom is 0.347 e. The Morgan fingerprint density at radius 3 is 1.40 bits per heavy atom. The summed E-state index contributed by atoms with van der Waals surface area (Å²) in [5.74, 6) is -4.24. The van der Waals surface area contributed by atoms with Gasteiger partial charge in [0.15, 0.2) is 14.4 Å². The molecule has 0 N–H and O–H groups in total. The predicted octanol–water partition coefficient (Wildman–Crippen LogP) is 11.1. The fourth-order valence-electron chi connectivity index (χ4n) is 6.40. The van der Waals surface area contributed by atoms with Crippen LogP contribution in [-0.2, 0) is 96.2 Å². The van der Waals surface area contributed by atoms with Crippen LogP contribution < -0.4 is 0 Å². The molecular formula is C49H72O15P2Si. The second-order valence-electron chi connectivity index (χ2n) is 17.4. The Morgan fingerprint density at radius 2 is 1.04 bits per heavy atom. The Balaban J connectivity index is 0.00000132. The molecule has 0 saturated carbocycles. The quantitative estimate of drug-likeness (QED) is 0.0295. The molecule has 4 aromatic carbocycles. The van der Waals surface area contributed by atoms with E-state index in [0.717, 1.165) is 22.3 Å². The van der Waals surface area contributed by atoms with Crippen LogP contribution in [-0.4, -0.2) is 78.1 Å². The highest BCUT2D eigenvalue weighted by Crippen LogP contribution is 2.54. The first-order chi connectivity index (χ1) is 35.8. The molecule has 15 nitrogen and oxygen atoms in total. The van der Waals surface area contributed by atoms with Crippen molar-refractivity contribution in [2.75, 3.05) is 33.7 Å². The summed E-state index contributed by atoms with van der Waals surface area (Å²) < 4.78 is 117. The molecule has 1 saturated heterocycles. The van der Waals surface area contributed by atoms with Gasteiger partial charge >= 0.3 is 39.1 Å². The lowest BCUT2D eigenvalue weighted by atomic mass is 10.0. The Kier molecular flexibility index (Phi) is 19.0. The largest absolute Gasteiger partial charge is 0.469 e. The standard InChI is InChI=1S/C28H41O8PSi.C21H23O7P.4H2/c1-28(2,3)38(6,7)36-25(27(30)33-5)18-24(26(29)32-4)21-37(31,34-19-22-14-10-8-11-15-22)35-20-23-16-12-9-13-17-23;1-25-21(23)19-12-18(20(22)28-19)15-29(24,26-13-16-8-4-2-5-9-16)27-14-17-10-6-3-7-11-17;;;;/h8-17,24-25H,18-21H2,1-7H3;2-11,18-19H,12-15H2,1H3;4*1H/t24-,25+;18-,19+;;;;/m11..../s1/i;;4*1+1D. The Hall–Kier alpha value is -4.76. The highest BCUT2D eigenvalue weighted by molar-refractivity contribution is 7.54. The number of rotatable bonds is 23. The van der Waals surface area contributed by atoms with Gasteiger partial charge in [0.25, 0.3) is 0 Å². The number of carbonyl (C=O) groups is 4. The number of hydrogen-bond acceptors (Lipinski definition) is 15. The molecule has 4 aromatic rings. The molecule has 0 spiro atoms. The number of hydrogen-bond donors (Lipinski definition) is 0. The SMILES string of the molecule is COC(=O)[C@@H]1C[C@H](CP(=O)(OCc2ccccc2)OCc2ccccc2)C(=O)O1.COC(=O)[C@H](C[C@H](O[Si](C)(C)C(C)(C)C)C(=O)OC)CP(=O)(OCc1ccccc1)OCc1ccccc1.[2H][2H].[2H][2H].[2H][2H].[2H][2H]. The molecular weight excluding hydrogens is 919 g/mol. The summed E-state index contributed by atoms with van der Waals surface area (Å²) in [5, 5.41) is -0.188. The maximum absolute atomic E-state index is 14.1. The van der Waals surface area contributed by atoms with Crippen LogP contribution in [0, 0.1) is 11.8 Å². The molecule has 67 heavy (non-hydrogen) atoms. The van der Waals surface area contributed by atoms with Crippen molar-refractivity contribution in [2.24, 2.45) is 11.8 Å². The lowest BCUT2D eigenvalue weighted by molar-refractivity contribution is -0.159. The van der Waals surface area contributed by atoms with Crippen LogP contribution in [0.5, 0.6) is 0 Å². The third-order valence-corrected chi connectivity index (χ3v) is 19.6. The molecule has 18 heteroatoms. The van der Waals surface area contributed by atoms with Gasteiger partial charge in [-0.15, -0.1) is 0 Å². The van der Waals surface area contributed by atoms with E-state index in [2.05, 4.69) is 4.74 Å². The molecule has 5 rings (SSSR count). The molecule has 1 aliphatic heterocycles. The van der Waals surface area contributed by atoms with E-state index in [9.17, 15) is 28.3 Å². The van der Waals surface area contributed by atoms with Gasteiger partial charge in [-0.2, -0.15) is 0 Å². The zero-order valence-corrected chi connectivity index (χ0v) is 42.3. The summed E-state index contributed by atoms with van der Waals surface area (Å²) >= 11 is 0. The monoisotopic (exact) mass is 998 g/mol. The van der Waals surface area contributed by atoms with Gasteiger partial charge in [-0.05, 0) is 46.8 Å². The van der Waals surface area contributed by atoms with E-state index in [1.54, 1.807) is 0 Å². The minimum Gasteiger partial charge on any atom is -0.469 e. The van der Waals surface area contributed by atoms with Crippen LogP contribution in [0.25, 0.3) is 0 Å². The first-order valence-corrected chi connectivity index (χ1v) is 28.2. The van der Waals surface area contributed by atoms with Crippen molar-refractivity contribution in [3.63, 3.8) is 0 Å². The molecule has 0 unspecified atom stereocenters. The molecule has 1 fully saturated rings. The molecule has 0 bridgehead atoms. The van der Waals surface area contributed by atoms with Gasteiger partial charge in [0.05, 0.1) is 71.9 Å². The topological polar surface area (TPSA) is 185 Å². The Morgan fingerprint density at radius 1 is 0.657 bits per heavy atom. The van der Waals surface area contributed by atoms with Gasteiger partial charge in [-0.1, -0.05) is 142 Å². The first-order valence-electron chi connectivity index (χ1n) is 25.8. The summed E-state index contributed by atoms with van der Waals surface area (Å²) in [6.07, 6.45) is -2.49. The average molecular weight is 999 g/mol. The summed E-state index contributed by atoms with van der Waals surface area (Å²) in [5.41, 5.74) is 3.27. The van der Waals surface area contributed by atoms with Crippen LogP contribution in [0.3, 0.4) is 0 Å². The van der Waals surface area contributed by atoms with E-state index in [4.69, 9.17) is 48.6 Å². The minimum absolute atomic E-state index is 0.0295. The fraction of sp³-hybridized carbons (Fsp3) is 0.429. The summed E-state index contributed by atoms with van der Waals surface area (Å²) in [6, 6.07) is 37.1. The van der Waals surface area contributed by atoms with Crippen molar-refractivity contribution >= 4 is 47.4 Å². The molecule has 1 aliphatic rings. The number of esters is 4. The summed E-state index contributed by atoms with van der Waals surface area (Å²) in [6.45, 7) is 10.4. The van der Waals surface area contributed by atoms with Crippen molar-refractivity contribution in [3.8, 4) is 0 Å². The molecule has 0 aromatic heterocycles. The van der Waals surface area contributed by atoms with Crippen LogP contribution in [0.1, 0.15) is 67.7 Å². The molecule has 372 valence electrons. The van der Waals surface area contributed by atoms with Crippen molar-refractivity contribution in [3.05, 3.63) is 144 Å². The summed E-state index contributed by atoms with van der Waals surface area (Å²) in [4.78, 5) is 49.5. The molecule has 4 atom stereocenters. The second-order valence-corrected chi connectivity index (χ2v) is 26.3. The molecule has 0 amide bonds. The van der Waals surface area contributed by atoms with Crippen LogP contribution in [0.4, 0.5) is 0 Å². The third-order valence-electron chi connectivity index (χ3n) is 11.3. The van der Waals surface area contributed by atoms with Gasteiger partial charge in [0, 0.05) is 18.3 Å². The second kappa shape index (κ2) is 26.1. The number of methoxy groups -OCH3 is 3. The van der Waals surface area contributed by atoms with Crippen molar-refractivity contribution in [1.82, 2.24) is 0 Å². The zero-order chi connectivity index (χ0) is 57.1. The van der Waals surface area contributed by atoms with Crippen LogP contribution in [0.15, 0.2) is 121 Å². The number of benzene rings is 4. The maximum atomic E-state index is 14.1. The fourth-order valence-corrected chi connectivity index (χ4v) is 11.3. The van der Waals surface area contributed by atoms with Gasteiger partial charge < -0.3 is 41.5 Å². The lowest BCUT2D eigenvalue weighted by Crippen LogP contribution is -2.47. The van der Waals surface area contributed by atoms with E-state index in [0.29, 0.717) is 0 Å². The molecule has 0 aliphatic carbocycles. The van der Waals surface area contributed by atoms with Gasteiger partial charge in [-0.25, -0.2) is 9.59 Å². The highest BCUT2D eigenvalue weighted by Gasteiger charge is 2.45.